The summed E-state index contributed by atoms with van der Waals surface area (Å²) in [5.74, 6) is 0.807. The Morgan fingerprint density at radius 3 is 2.40 bits per heavy atom. The molecule has 2 aliphatic rings. The smallest absolute Gasteiger partial charge is 0.276 e. The van der Waals surface area contributed by atoms with Gasteiger partial charge in [0.2, 0.25) is 0 Å². The average molecular weight is 471 g/mol. The summed E-state index contributed by atoms with van der Waals surface area (Å²) in [5, 5.41) is 7.79. The van der Waals surface area contributed by atoms with Gasteiger partial charge in [0, 0.05) is 35.6 Å². The topological polar surface area (TPSA) is 67.2 Å². The maximum Gasteiger partial charge on any atom is 0.276 e. The van der Waals surface area contributed by atoms with Crippen molar-refractivity contribution in [3.63, 3.8) is 0 Å². The van der Waals surface area contributed by atoms with Crippen molar-refractivity contribution in [1.29, 1.82) is 0 Å². The van der Waals surface area contributed by atoms with Crippen LogP contribution >= 0.6 is 0 Å². The summed E-state index contributed by atoms with van der Waals surface area (Å²) in [5.41, 5.74) is 6.99. The Morgan fingerprint density at radius 2 is 1.69 bits per heavy atom. The molecule has 0 spiro atoms. The number of rotatable bonds is 4. The number of aryl methyl sites for hydroxylation is 2. The van der Waals surface area contributed by atoms with Crippen molar-refractivity contribution in [2.24, 2.45) is 11.8 Å². The average Bonchev–Trinajstić information content (AvgIpc) is 3.43. The van der Waals surface area contributed by atoms with Crippen molar-refractivity contribution in [2.45, 2.75) is 53.4 Å². The molecule has 1 saturated heterocycles. The Morgan fingerprint density at radius 1 is 0.971 bits per heavy atom. The number of piperidine rings is 1. The molecule has 6 nitrogen and oxygen atoms in total. The van der Waals surface area contributed by atoms with Crippen LogP contribution in [0.2, 0.25) is 0 Å². The van der Waals surface area contributed by atoms with Crippen molar-refractivity contribution in [3.05, 3.63) is 76.1 Å². The van der Waals surface area contributed by atoms with Gasteiger partial charge in [-0.05, 0) is 81.2 Å². The van der Waals surface area contributed by atoms with Crippen LogP contribution in [0.15, 0.2) is 42.5 Å². The minimum absolute atomic E-state index is 0.0310. The summed E-state index contributed by atoms with van der Waals surface area (Å²) in [4.78, 5) is 28.6. The zero-order valence-electron chi connectivity index (χ0n) is 21.1. The number of benzene rings is 2. The van der Waals surface area contributed by atoms with Crippen molar-refractivity contribution in [2.75, 3.05) is 18.4 Å². The fourth-order valence-corrected chi connectivity index (χ4v) is 5.60. The number of hydrogen-bond acceptors (Lipinski definition) is 3. The highest BCUT2D eigenvalue weighted by molar-refractivity contribution is 6.05. The van der Waals surface area contributed by atoms with Crippen molar-refractivity contribution in [3.8, 4) is 5.69 Å². The minimum Gasteiger partial charge on any atom is -0.338 e. The number of carbonyl (C=O) groups is 2. The van der Waals surface area contributed by atoms with E-state index in [9.17, 15) is 9.59 Å². The first-order valence-corrected chi connectivity index (χ1v) is 12.7. The number of hydrogen-bond donors (Lipinski definition) is 1. The Labute approximate surface area is 207 Å². The van der Waals surface area contributed by atoms with E-state index in [0.29, 0.717) is 28.8 Å². The molecule has 1 aliphatic heterocycles. The predicted molar refractivity (Wildman–Crippen MR) is 138 cm³/mol. The van der Waals surface area contributed by atoms with Crippen LogP contribution in [0.5, 0.6) is 0 Å². The molecule has 35 heavy (non-hydrogen) atoms. The van der Waals surface area contributed by atoms with Crippen LogP contribution in [-0.4, -0.2) is 39.6 Å². The van der Waals surface area contributed by atoms with Crippen LogP contribution < -0.4 is 5.32 Å². The number of anilines is 1. The van der Waals surface area contributed by atoms with Crippen LogP contribution in [0.3, 0.4) is 0 Å². The number of amides is 2. The van der Waals surface area contributed by atoms with Gasteiger partial charge in [-0.15, -0.1) is 0 Å². The summed E-state index contributed by atoms with van der Waals surface area (Å²) in [6, 6.07) is 13.8. The Kier molecular flexibility index (Phi) is 6.22. The highest BCUT2D eigenvalue weighted by atomic mass is 16.2. The summed E-state index contributed by atoms with van der Waals surface area (Å²) >= 11 is 0. The molecule has 2 unspecified atom stereocenters. The van der Waals surface area contributed by atoms with E-state index in [1.807, 2.05) is 46.8 Å². The van der Waals surface area contributed by atoms with Crippen LogP contribution in [-0.2, 0) is 12.8 Å². The first-order chi connectivity index (χ1) is 16.8. The van der Waals surface area contributed by atoms with E-state index in [-0.39, 0.29) is 11.8 Å². The van der Waals surface area contributed by atoms with Crippen LogP contribution in [0.4, 0.5) is 5.69 Å². The van der Waals surface area contributed by atoms with Crippen LogP contribution in [0.1, 0.15) is 69.9 Å². The molecule has 0 saturated carbocycles. The van der Waals surface area contributed by atoms with E-state index >= 15 is 0 Å². The lowest BCUT2D eigenvalue weighted by molar-refractivity contribution is 0.0623. The first-order valence-electron chi connectivity index (χ1n) is 12.7. The monoisotopic (exact) mass is 470 g/mol. The van der Waals surface area contributed by atoms with Gasteiger partial charge in [0.05, 0.1) is 5.69 Å². The molecular formula is C29H34N4O2. The third kappa shape index (κ3) is 4.62. The quantitative estimate of drug-likeness (QED) is 0.559. The molecule has 0 bridgehead atoms. The van der Waals surface area contributed by atoms with Gasteiger partial charge in [0.1, 0.15) is 0 Å². The molecule has 182 valence electrons. The van der Waals surface area contributed by atoms with Gasteiger partial charge in [0.25, 0.3) is 11.8 Å². The molecule has 0 radical (unpaired) electrons. The van der Waals surface area contributed by atoms with Crippen molar-refractivity contribution >= 4 is 17.5 Å². The highest BCUT2D eigenvalue weighted by Crippen LogP contribution is 2.29. The highest BCUT2D eigenvalue weighted by Gasteiger charge is 2.29. The van der Waals surface area contributed by atoms with E-state index in [1.54, 1.807) is 0 Å². The van der Waals surface area contributed by atoms with Crippen molar-refractivity contribution < 1.29 is 9.59 Å². The first kappa shape index (κ1) is 23.3. The summed E-state index contributed by atoms with van der Waals surface area (Å²) in [6.45, 7) is 9.96. The summed E-state index contributed by atoms with van der Waals surface area (Å²) in [6.07, 6.45) is 3.94. The van der Waals surface area contributed by atoms with E-state index in [2.05, 4.69) is 38.2 Å². The lowest BCUT2D eigenvalue weighted by Crippen LogP contribution is -2.42. The standard InChI is InChI=1S/C29H34N4O2/c1-18-8-12-23(13-9-18)33-26-7-5-6-24(26)27(31-33)28(34)30-25-15-22(11-10-21(25)4)29(35)32-16-19(2)14-20(3)17-32/h8-13,15,19-20H,5-7,14,16-17H2,1-4H3,(H,30,34). The molecule has 2 amide bonds. The predicted octanol–water partition coefficient (Wildman–Crippen LogP) is 5.35. The van der Waals surface area contributed by atoms with E-state index in [0.717, 1.165) is 61.3 Å². The molecular weight excluding hydrogens is 436 g/mol. The van der Waals surface area contributed by atoms with Crippen LogP contribution in [0.25, 0.3) is 5.69 Å². The molecule has 2 atom stereocenters. The Balaban J connectivity index is 1.40. The van der Waals surface area contributed by atoms with E-state index < -0.39 is 0 Å². The molecule has 2 aromatic carbocycles. The third-order valence-electron chi connectivity index (χ3n) is 7.31. The Bertz CT molecular complexity index is 1260. The Hall–Kier alpha value is -3.41. The zero-order chi connectivity index (χ0) is 24.7. The fourth-order valence-electron chi connectivity index (χ4n) is 5.60. The second-order valence-corrected chi connectivity index (χ2v) is 10.5. The van der Waals surface area contributed by atoms with Gasteiger partial charge in [-0.2, -0.15) is 5.10 Å². The number of aromatic nitrogens is 2. The van der Waals surface area contributed by atoms with Crippen LogP contribution in [0, 0.1) is 25.7 Å². The maximum absolute atomic E-state index is 13.4. The van der Waals surface area contributed by atoms with E-state index in [4.69, 9.17) is 5.10 Å². The summed E-state index contributed by atoms with van der Waals surface area (Å²) in [7, 11) is 0. The largest absolute Gasteiger partial charge is 0.338 e. The molecule has 3 aromatic rings. The molecule has 1 fully saturated rings. The van der Waals surface area contributed by atoms with Gasteiger partial charge in [-0.1, -0.05) is 37.6 Å². The lowest BCUT2D eigenvalue weighted by Gasteiger charge is -2.35. The molecule has 1 aliphatic carbocycles. The summed E-state index contributed by atoms with van der Waals surface area (Å²) < 4.78 is 1.92. The minimum atomic E-state index is -0.220. The molecule has 6 heteroatoms. The lowest BCUT2D eigenvalue weighted by atomic mass is 9.91. The third-order valence-corrected chi connectivity index (χ3v) is 7.31. The molecule has 1 N–H and O–H groups in total. The molecule has 1 aromatic heterocycles. The number of nitrogens with one attached hydrogen (secondary N) is 1. The van der Waals surface area contributed by atoms with Crippen molar-refractivity contribution in [1.82, 2.24) is 14.7 Å². The number of carbonyl (C=O) groups excluding carboxylic acids is 2. The number of fused-ring (bicyclic) bond motifs is 1. The maximum atomic E-state index is 13.4. The van der Waals surface area contributed by atoms with Gasteiger partial charge in [-0.3, -0.25) is 9.59 Å². The number of likely N-dealkylation sites (tertiary alicyclic amines) is 1. The van der Waals surface area contributed by atoms with Gasteiger partial charge in [0.15, 0.2) is 5.69 Å². The normalized spacial score (nSPS) is 19.5. The zero-order valence-corrected chi connectivity index (χ0v) is 21.1. The molecule has 2 heterocycles. The van der Waals surface area contributed by atoms with Gasteiger partial charge < -0.3 is 10.2 Å². The number of nitrogens with zero attached hydrogens (tertiary/aromatic N) is 3. The second-order valence-electron chi connectivity index (χ2n) is 10.5. The van der Waals surface area contributed by atoms with Gasteiger partial charge >= 0.3 is 0 Å². The fraction of sp³-hybridized carbons (Fsp3) is 0.414. The molecule has 5 rings (SSSR count). The van der Waals surface area contributed by atoms with Gasteiger partial charge in [-0.25, -0.2) is 4.68 Å². The SMILES string of the molecule is Cc1ccc(-n2nc(C(=O)Nc3cc(C(=O)N4CC(C)CC(C)C4)ccc3C)c3c2CCC3)cc1. The second kappa shape index (κ2) is 9.33. The van der Waals surface area contributed by atoms with E-state index in [1.165, 1.54) is 5.56 Å².